The number of aliphatic hydroxyl groups excluding tert-OH is 1. The molecule has 2 aromatic rings. The van der Waals surface area contributed by atoms with Gasteiger partial charge in [-0.15, -0.1) is 0 Å². The number of fused-ring (bicyclic) bond motifs is 5. The number of likely N-dealkylation sites (N-methyl/N-ethyl adjacent to an activating group) is 3. The molecule has 1 aliphatic rings. The summed E-state index contributed by atoms with van der Waals surface area (Å²) < 4.78 is 0. The number of rotatable bonds is 23. The van der Waals surface area contributed by atoms with Crippen LogP contribution < -0.4 is 16.0 Å². The molecule has 1 heterocycles. The number of hydrogen-bond acceptors (Lipinski definition) is 10. The molecule has 0 aliphatic carbocycles. The van der Waals surface area contributed by atoms with Crippen LogP contribution in [0.1, 0.15) is 128 Å². The number of aromatic hydroxyl groups is 2. The molecule has 0 spiro atoms. The van der Waals surface area contributed by atoms with Crippen molar-refractivity contribution < 1.29 is 54.0 Å². The summed E-state index contributed by atoms with van der Waals surface area (Å²) in [7, 11) is 3.98. The number of hydrogen-bond donors (Lipinski definition) is 7. The van der Waals surface area contributed by atoms with E-state index in [1.807, 2.05) is 0 Å². The van der Waals surface area contributed by atoms with Crippen molar-refractivity contribution in [1.29, 1.82) is 0 Å². The predicted octanol–water partition coefficient (Wildman–Crippen LogP) is 4.16. The lowest BCUT2D eigenvalue weighted by molar-refractivity contribution is -0.148. The van der Waals surface area contributed by atoms with Crippen molar-refractivity contribution in [2.45, 2.75) is 147 Å². The van der Waals surface area contributed by atoms with Gasteiger partial charge in [-0.05, 0) is 55.7 Å². The Hall–Kier alpha value is -5.71. The SMILES string of the molecule is CCCCCCCCCCCCCCCC(=O)N[C@@H](CO)C(=O)N(C)[C@@H](C)C(=O)N(C)CC(=O)N(C)[C@@H]1C(=O)N[C@@H](C)C(=O)N[C@H](C(=O)O)Cc2ccc(O)c(c2)-c2cc1ccc2O. The predicted molar refractivity (Wildman–Crippen MR) is 241 cm³/mol. The molecule has 7 N–H and O–H groups in total. The molecule has 2 aromatic carbocycles. The molecule has 4 bridgehead atoms. The van der Waals surface area contributed by atoms with Crippen molar-refractivity contribution in [2.75, 3.05) is 34.3 Å². The zero-order valence-corrected chi connectivity index (χ0v) is 38.4. The molecule has 0 saturated carbocycles. The van der Waals surface area contributed by atoms with Gasteiger partial charge in [-0.1, -0.05) is 96.1 Å². The number of carboxylic acid groups (broad SMARTS) is 1. The second kappa shape index (κ2) is 26.2. The fourth-order valence-electron chi connectivity index (χ4n) is 7.72. The maximum atomic E-state index is 14.0. The summed E-state index contributed by atoms with van der Waals surface area (Å²) in [4.78, 5) is 96.0. The fraction of sp³-hybridized carbons (Fsp3) is 0.596. The van der Waals surface area contributed by atoms with Crippen molar-refractivity contribution in [3.05, 3.63) is 47.5 Å². The number of carboxylic acids is 1. The summed E-state index contributed by atoms with van der Waals surface area (Å²) in [5, 5.41) is 49.1. The molecule has 17 heteroatoms. The van der Waals surface area contributed by atoms with E-state index < -0.39 is 78.9 Å². The lowest BCUT2D eigenvalue weighted by atomic mass is 9.94. The quantitative estimate of drug-likeness (QED) is 0.0781. The van der Waals surface area contributed by atoms with Gasteiger partial charge in [0.05, 0.1) is 13.2 Å². The molecule has 354 valence electrons. The maximum Gasteiger partial charge on any atom is 0.326 e. The number of nitrogens with one attached hydrogen (secondary N) is 3. The minimum atomic E-state index is -1.47. The highest BCUT2D eigenvalue weighted by atomic mass is 16.4. The highest BCUT2D eigenvalue weighted by Gasteiger charge is 2.35. The summed E-state index contributed by atoms with van der Waals surface area (Å²) in [6, 6.07) is 1.71. The van der Waals surface area contributed by atoms with E-state index in [4.69, 9.17) is 0 Å². The van der Waals surface area contributed by atoms with Crippen LogP contribution in [-0.2, 0) is 40.0 Å². The van der Waals surface area contributed by atoms with Gasteiger partial charge in [0.25, 0.3) is 0 Å². The maximum absolute atomic E-state index is 14.0. The normalized spacial score (nSPS) is 17.2. The number of unbranched alkanes of at least 4 members (excludes halogenated alkanes) is 12. The second-order valence-electron chi connectivity index (χ2n) is 17.0. The summed E-state index contributed by atoms with van der Waals surface area (Å²) in [6.07, 6.45) is 15.1. The highest BCUT2D eigenvalue weighted by Crippen LogP contribution is 2.38. The fourth-order valence-corrected chi connectivity index (χ4v) is 7.72. The topological polar surface area (TPSA) is 246 Å². The third kappa shape index (κ3) is 15.5. The average Bonchev–Trinajstić information content (AvgIpc) is 3.26. The number of aliphatic hydroxyl groups is 1. The van der Waals surface area contributed by atoms with Gasteiger partial charge in [-0.3, -0.25) is 28.8 Å². The first-order valence-electron chi connectivity index (χ1n) is 22.6. The number of phenolic OH excluding ortho intramolecular Hbond substituents is 2. The summed E-state index contributed by atoms with van der Waals surface area (Å²) in [6.45, 7) is 3.73. The standard InChI is InChI=1S/C47H70N6O11/c1-7-8-9-10-11-12-13-14-15-16-17-18-19-20-40(57)49-37(29-54)46(62)52(5)31(3)45(61)51(4)28-41(58)53(6)42-33-22-24-39(56)35(27-33)34-25-32(21-23-38(34)55)26-36(47(63)64)50-43(59)30(2)48-44(42)60/h21-25,27,30-31,36-37,42,54-56H,7-20,26,28-29H2,1-6H3,(H,48,60)(H,49,57)(H,50,59)(H,63,64)/t30-,31-,36-,37-,42-/m0/s1. The Morgan fingerprint density at radius 1 is 0.766 bits per heavy atom. The van der Waals surface area contributed by atoms with E-state index in [-0.39, 0.29) is 46.9 Å². The molecule has 17 nitrogen and oxygen atoms in total. The van der Waals surface area contributed by atoms with Crippen molar-refractivity contribution >= 4 is 41.4 Å². The molecular weight excluding hydrogens is 825 g/mol. The first-order chi connectivity index (χ1) is 30.4. The van der Waals surface area contributed by atoms with Gasteiger partial charge in [0.2, 0.25) is 35.4 Å². The largest absolute Gasteiger partial charge is 0.507 e. The Balaban J connectivity index is 1.64. The van der Waals surface area contributed by atoms with Gasteiger partial charge in [-0.2, -0.15) is 0 Å². The molecular formula is C47H70N6O11. The monoisotopic (exact) mass is 895 g/mol. The number of carbonyl (C=O) groups excluding carboxylic acids is 6. The Kier molecular flexibility index (Phi) is 21.5. The van der Waals surface area contributed by atoms with E-state index in [2.05, 4.69) is 22.9 Å². The van der Waals surface area contributed by atoms with Gasteiger partial charge >= 0.3 is 5.97 Å². The van der Waals surface area contributed by atoms with E-state index in [0.717, 1.165) is 34.0 Å². The van der Waals surface area contributed by atoms with Crippen LogP contribution in [0.5, 0.6) is 11.5 Å². The van der Waals surface area contributed by atoms with Crippen LogP contribution in [0.15, 0.2) is 36.4 Å². The van der Waals surface area contributed by atoms with E-state index >= 15 is 0 Å². The van der Waals surface area contributed by atoms with Crippen molar-refractivity contribution in [1.82, 2.24) is 30.7 Å². The molecule has 5 atom stereocenters. The van der Waals surface area contributed by atoms with Gasteiger partial charge in [0, 0.05) is 45.1 Å². The number of aliphatic carboxylic acids is 1. The van der Waals surface area contributed by atoms with Crippen LogP contribution in [0.25, 0.3) is 11.1 Å². The minimum Gasteiger partial charge on any atom is -0.507 e. The van der Waals surface area contributed by atoms with Crippen LogP contribution in [0.2, 0.25) is 0 Å². The number of amides is 6. The summed E-state index contributed by atoms with van der Waals surface area (Å²) in [5.74, 6) is -6.07. The van der Waals surface area contributed by atoms with Crippen LogP contribution in [0.3, 0.4) is 0 Å². The molecule has 6 amide bonds. The van der Waals surface area contributed by atoms with Crippen molar-refractivity contribution in [3.63, 3.8) is 0 Å². The number of nitrogens with zero attached hydrogens (tertiary/aromatic N) is 3. The smallest absolute Gasteiger partial charge is 0.326 e. The number of carbonyl (C=O) groups is 7. The summed E-state index contributed by atoms with van der Waals surface area (Å²) in [5.41, 5.74) is 0.746. The van der Waals surface area contributed by atoms with Crippen molar-refractivity contribution in [3.8, 4) is 22.6 Å². The van der Waals surface area contributed by atoms with E-state index in [1.54, 1.807) is 0 Å². The van der Waals surface area contributed by atoms with Gasteiger partial charge < -0.3 is 51.1 Å². The summed E-state index contributed by atoms with van der Waals surface area (Å²) >= 11 is 0. The first-order valence-corrected chi connectivity index (χ1v) is 22.6. The van der Waals surface area contributed by atoms with Crippen LogP contribution in [0.4, 0.5) is 0 Å². The molecule has 0 aromatic heterocycles. The first kappa shape index (κ1) is 52.6. The van der Waals surface area contributed by atoms with Gasteiger partial charge in [0.15, 0.2) is 0 Å². The Morgan fingerprint density at radius 3 is 1.88 bits per heavy atom. The zero-order valence-electron chi connectivity index (χ0n) is 38.4. The lowest BCUT2D eigenvalue weighted by Gasteiger charge is -2.33. The lowest BCUT2D eigenvalue weighted by Crippen LogP contribution is -2.56. The molecule has 0 unspecified atom stereocenters. The molecule has 0 fully saturated rings. The number of benzene rings is 2. The van der Waals surface area contributed by atoms with Crippen LogP contribution in [0, 0.1) is 0 Å². The molecule has 0 radical (unpaired) electrons. The Bertz CT molecular complexity index is 1920. The molecule has 1 aliphatic heterocycles. The highest BCUT2D eigenvalue weighted by molar-refractivity contribution is 5.96. The molecule has 64 heavy (non-hydrogen) atoms. The minimum absolute atomic E-state index is 0.0716. The molecule has 3 rings (SSSR count). The van der Waals surface area contributed by atoms with E-state index in [1.165, 1.54) is 129 Å². The van der Waals surface area contributed by atoms with E-state index in [9.17, 15) is 54.0 Å². The van der Waals surface area contributed by atoms with E-state index in [0.29, 0.717) is 12.0 Å². The molecule has 0 saturated heterocycles. The van der Waals surface area contributed by atoms with Crippen molar-refractivity contribution in [2.24, 2.45) is 0 Å². The average molecular weight is 895 g/mol. The zero-order chi connectivity index (χ0) is 47.5. The van der Waals surface area contributed by atoms with Gasteiger partial charge in [0.1, 0.15) is 41.7 Å². The third-order valence-electron chi connectivity index (χ3n) is 11.9. The van der Waals surface area contributed by atoms with Crippen LogP contribution >= 0.6 is 0 Å². The van der Waals surface area contributed by atoms with Gasteiger partial charge in [-0.25, -0.2) is 4.79 Å². The number of phenols is 2. The third-order valence-corrected chi connectivity index (χ3v) is 11.9. The van der Waals surface area contributed by atoms with Crippen LogP contribution in [-0.4, -0.2) is 135 Å². The Labute approximate surface area is 376 Å². The second-order valence-corrected chi connectivity index (χ2v) is 17.0. The Morgan fingerprint density at radius 2 is 1.31 bits per heavy atom.